The van der Waals surface area contributed by atoms with Crippen LogP contribution in [0.15, 0.2) is 0 Å². The van der Waals surface area contributed by atoms with Gasteiger partial charge in [-0.05, 0) is 30.3 Å². The Labute approximate surface area is 111 Å². The largest absolute Gasteiger partial charge is 0.341 e. The minimum Gasteiger partial charge on any atom is -0.341 e. The van der Waals surface area contributed by atoms with E-state index in [-0.39, 0.29) is 11.9 Å². The SMILES string of the molecule is CSCC[C@H](N)C(=O)N(CC(C)C)CC(C)C. The van der Waals surface area contributed by atoms with E-state index >= 15 is 0 Å². The Morgan fingerprint density at radius 3 is 2.00 bits per heavy atom. The normalized spacial score (nSPS) is 13.2. The maximum Gasteiger partial charge on any atom is 0.239 e. The standard InChI is InChI=1S/C13H28N2OS/c1-10(2)8-15(9-11(3)4)13(16)12(14)6-7-17-5/h10-12H,6-9,14H2,1-5H3/t12-/m0/s1. The van der Waals surface area contributed by atoms with Gasteiger partial charge in [0.05, 0.1) is 6.04 Å². The first-order chi connectivity index (χ1) is 7.88. The van der Waals surface area contributed by atoms with Gasteiger partial charge >= 0.3 is 0 Å². The fourth-order valence-corrected chi connectivity index (χ4v) is 2.23. The third-order valence-corrected chi connectivity index (χ3v) is 3.08. The molecule has 3 nitrogen and oxygen atoms in total. The summed E-state index contributed by atoms with van der Waals surface area (Å²) in [5.41, 5.74) is 5.95. The third-order valence-electron chi connectivity index (χ3n) is 2.43. The number of hydrogen-bond donors (Lipinski definition) is 1. The van der Waals surface area contributed by atoms with Crippen LogP contribution < -0.4 is 5.73 Å². The van der Waals surface area contributed by atoms with Crippen molar-refractivity contribution in [3.8, 4) is 0 Å². The van der Waals surface area contributed by atoms with E-state index < -0.39 is 0 Å². The maximum atomic E-state index is 12.2. The molecule has 0 bridgehead atoms. The van der Waals surface area contributed by atoms with E-state index in [2.05, 4.69) is 27.7 Å². The van der Waals surface area contributed by atoms with Crippen LogP contribution in [0.3, 0.4) is 0 Å². The number of thioether (sulfide) groups is 1. The number of rotatable bonds is 8. The topological polar surface area (TPSA) is 46.3 Å². The Morgan fingerprint density at radius 2 is 1.65 bits per heavy atom. The lowest BCUT2D eigenvalue weighted by atomic mass is 10.1. The van der Waals surface area contributed by atoms with Crippen LogP contribution in [0.5, 0.6) is 0 Å². The van der Waals surface area contributed by atoms with E-state index in [0.717, 1.165) is 25.3 Å². The summed E-state index contributed by atoms with van der Waals surface area (Å²) in [6.45, 7) is 10.2. The second kappa shape index (κ2) is 8.81. The fourth-order valence-electron chi connectivity index (χ4n) is 1.74. The van der Waals surface area contributed by atoms with Crippen LogP contribution in [0, 0.1) is 11.8 Å². The molecule has 102 valence electrons. The van der Waals surface area contributed by atoms with E-state index in [4.69, 9.17) is 5.73 Å². The smallest absolute Gasteiger partial charge is 0.239 e. The highest BCUT2D eigenvalue weighted by Crippen LogP contribution is 2.08. The molecule has 0 saturated heterocycles. The van der Waals surface area contributed by atoms with Gasteiger partial charge in [-0.2, -0.15) is 11.8 Å². The summed E-state index contributed by atoms with van der Waals surface area (Å²) in [5.74, 6) is 2.04. The van der Waals surface area contributed by atoms with Crippen molar-refractivity contribution in [1.82, 2.24) is 4.90 Å². The summed E-state index contributed by atoms with van der Waals surface area (Å²) in [4.78, 5) is 14.1. The predicted octanol–water partition coefficient (Wildman–Crippen LogP) is 2.21. The quantitative estimate of drug-likeness (QED) is 0.728. The number of nitrogens with two attached hydrogens (primary N) is 1. The van der Waals surface area contributed by atoms with Gasteiger partial charge < -0.3 is 10.6 Å². The monoisotopic (exact) mass is 260 g/mol. The number of hydrogen-bond acceptors (Lipinski definition) is 3. The highest BCUT2D eigenvalue weighted by molar-refractivity contribution is 7.98. The number of nitrogens with zero attached hydrogens (tertiary/aromatic N) is 1. The molecular formula is C13H28N2OS. The lowest BCUT2D eigenvalue weighted by molar-refractivity contribution is -0.133. The van der Waals surface area contributed by atoms with Crippen molar-refractivity contribution in [1.29, 1.82) is 0 Å². The lowest BCUT2D eigenvalue weighted by Gasteiger charge is -2.28. The van der Waals surface area contributed by atoms with E-state index in [1.165, 1.54) is 0 Å². The molecule has 2 N–H and O–H groups in total. The summed E-state index contributed by atoms with van der Waals surface area (Å²) < 4.78 is 0. The summed E-state index contributed by atoms with van der Waals surface area (Å²) in [7, 11) is 0. The molecule has 0 fully saturated rings. The first kappa shape index (κ1) is 16.8. The highest BCUT2D eigenvalue weighted by Gasteiger charge is 2.21. The first-order valence-electron chi connectivity index (χ1n) is 6.41. The molecule has 0 heterocycles. The molecule has 0 spiro atoms. The Hall–Kier alpha value is -0.220. The Balaban J connectivity index is 4.39. The number of carbonyl (C=O) groups is 1. The van der Waals surface area contributed by atoms with Crippen molar-refractivity contribution < 1.29 is 4.79 Å². The highest BCUT2D eigenvalue weighted by atomic mass is 32.2. The van der Waals surface area contributed by atoms with E-state index in [9.17, 15) is 4.79 Å². The molecule has 4 heteroatoms. The molecule has 17 heavy (non-hydrogen) atoms. The molecule has 0 aromatic rings. The summed E-state index contributed by atoms with van der Waals surface area (Å²) in [6.07, 6.45) is 2.81. The zero-order valence-electron chi connectivity index (χ0n) is 11.9. The van der Waals surface area contributed by atoms with Crippen LogP contribution >= 0.6 is 11.8 Å². The average molecular weight is 260 g/mol. The van der Waals surface area contributed by atoms with Gasteiger partial charge in [-0.25, -0.2) is 0 Å². The van der Waals surface area contributed by atoms with Gasteiger partial charge in [0.1, 0.15) is 0 Å². The molecule has 0 aromatic carbocycles. The predicted molar refractivity (Wildman–Crippen MR) is 77.2 cm³/mol. The van der Waals surface area contributed by atoms with Crippen molar-refractivity contribution in [2.75, 3.05) is 25.1 Å². The molecule has 0 aliphatic carbocycles. The fraction of sp³-hybridized carbons (Fsp3) is 0.923. The van der Waals surface area contributed by atoms with Gasteiger partial charge in [-0.3, -0.25) is 4.79 Å². The van der Waals surface area contributed by atoms with Crippen LogP contribution in [0.1, 0.15) is 34.1 Å². The van der Waals surface area contributed by atoms with Gasteiger partial charge in [0.25, 0.3) is 0 Å². The van der Waals surface area contributed by atoms with Gasteiger partial charge in [0.2, 0.25) is 5.91 Å². The van der Waals surface area contributed by atoms with E-state index in [1.54, 1.807) is 11.8 Å². The van der Waals surface area contributed by atoms with E-state index in [0.29, 0.717) is 11.8 Å². The van der Waals surface area contributed by atoms with Crippen LogP contribution in [0.2, 0.25) is 0 Å². The van der Waals surface area contributed by atoms with Gasteiger partial charge in [0, 0.05) is 13.1 Å². The van der Waals surface area contributed by atoms with Crippen molar-refractivity contribution in [2.24, 2.45) is 17.6 Å². The molecule has 0 rings (SSSR count). The first-order valence-corrected chi connectivity index (χ1v) is 7.81. The number of carbonyl (C=O) groups excluding carboxylic acids is 1. The molecular weight excluding hydrogens is 232 g/mol. The minimum absolute atomic E-state index is 0.112. The van der Waals surface area contributed by atoms with Crippen LogP contribution in [0.25, 0.3) is 0 Å². The minimum atomic E-state index is -0.333. The summed E-state index contributed by atoms with van der Waals surface area (Å²) in [6, 6.07) is -0.333. The molecule has 0 aliphatic heterocycles. The summed E-state index contributed by atoms with van der Waals surface area (Å²) >= 11 is 1.74. The van der Waals surface area contributed by atoms with Crippen molar-refractivity contribution >= 4 is 17.7 Å². The lowest BCUT2D eigenvalue weighted by Crippen LogP contribution is -2.46. The van der Waals surface area contributed by atoms with Crippen molar-refractivity contribution in [2.45, 2.75) is 40.2 Å². The van der Waals surface area contributed by atoms with Gasteiger partial charge in [-0.1, -0.05) is 27.7 Å². The Bertz CT molecular complexity index is 209. The van der Waals surface area contributed by atoms with Gasteiger partial charge in [0.15, 0.2) is 0 Å². The molecule has 1 atom stereocenters. The van der Waals surface area contributed by atoms with Gasteiger partial charge in [-0.15, -0.1) is 0 Å². The molecule has 1 amide bonds. The Kier molecular flexibility index (Phi) is 8.70. The van der Waals surface area contributed by atoms with Crippen molar-refractivity contribution in [3.63, 3.8) is 0 Å². The van der Waals surface area contributed by atoms with Crippen LogP contribution in [0.4, 0.5) is 0 Å². The van der Waals surface area contributed by atoms with Crippen LogP contribution in [-0.4, -0.2) is 41.9 Å². The summed E-state index contributed by atoms with van der Waals surface area (Å²) in [5, 5.41) is 0. The average Bonchev–Trinajstić information content (AvgIpc) is 2.22. The maximum absolute atomic E-state index is 12.2. The molecule has 0 aromatic heterocycles. The zero-order chi connectivity index (χ0) is 13.4. The Morgan fingerprint density at radius 1 is 1.18 bits per heavy atom. The zero-order valence-corrected chi connectivity index (χ0v) is 12.7. The van der Waals surface area contributed by atoms with E-state index in [1.807, 2.05) is 11.2 Å². The molecule has 0 radical (unpaired) electrons. The second-order valence-corrected chi connectivity index (χ2v) is 6.40. The molecule has 0 unspecified atom stereocenters. The second-order valence-electron chi connectivity index (χ2n) is 5.42. The molecule has 0 aliphatic rings. The van der Waals surface area contributed by atoms with Crippen LogP contribution in [-0.2, 0) is 4.79 Å². The number of amides is 1. The van der Waals surface area contributed by atoms with Crippen molar-refractivity contribution in [3.05, 3.63) is 0 Å². The third kappa shape index (κ3) is 7.66. The molecule has 0 saturated carbocycles.